The number of hydrogen-bond acceptors (Lipinski definition) is 1. The number of aliphatic carboxylic acids is 1. The Bertz CT molecular complexity index is 207. The molecule has 0 fully saturated rings. The highest BCUT2D eigenvalue weighted by molar-refractivity contribution is 7.37. The average molecular weight is 302 g/mol. The fourth-order valence-corrected chi connectivity index (χ4v) is 3.58. The van der Waals surface area contributed by atoms with Gasteiger partial charge in [0.25, 0.3) is 0 Å². The van der Waals surface area contributed by atoms with Crippen molar-refractivity contribution < 1.29 is 9.90 Å². The Balaban J connectivity index is 2.94. The van der Waals surface area contributed by atoms with Crippen molar-refractivity contribution in [2.24, 2.45) is 0 Å². The zero-order valence-corrected chi connectivity index (χ0v) is 14.5. The first kappa shape index (κ1) is 19.9. The van der Waals surface area contributed by atoms with Crippen molar-refractivity contribution in [2.45, 2.75) is 90.4 Å². The van der Waals surface area contributed by atoms with E-state index in [9.17, 15) is 4.79 Å². The minimum absolute atomic E-state index is 0.352. The van der Waals surface area contributed by atoms with E-state index in [1.807, 2.05) is 0 Å². The van der Waals surface area contributed by atoms with E-state index in [0.717, 1.165) is 21.2 Å². The summed E-state index contributed by atoms with van der Waals surface area (Å²) in [6.45, 7) is 2.27. The summed E-state index contributed by atoms with van der Waals surface area (Å²) in [5.41, 5.74) is 0. The summed E-state index contributed by atoms with van der Waals surface area (Å²) in [5, 5.41) is 8.52. The van der Waals surface area contributed by atoms with Crippen LogP contribution in [-0.2, 0) is 4.79 Å². The van der Waals surface area contributed by atoms with E-state index in [4.69, 9.17) is 5.11 Å². The molecule has 0 aromatic rings. The molecule has 0 saturated heterocycles. The topological polar surface area (TPSA) is 37.3 Å². The van der Waals surface area contributed by atoms with E-state index >= 15 is 0 Å². The zero-order chi connectivity index (χ0) is 14.9. The molecule has 0 bridgehead atoms. The molecule has 0 aromatic heterocycles. The van der Waals surface area contributed by atoms with Gasteiger partial charge >= 0.3 is 5.97 Å². The highest BCUT2D eigenvalue weighted by Crippen LogP contribution is 2.17. The third-order valence-corrected chi connectivity index (χ3v) is 5.12. The van der Waals surface area contributed by atoms with Crippen molar-refractivity contribution >= 4 is 14.6 Å². The number of hydrogen-bond donors (Lipinski definition) is 1. The highest BCUT2D eigenvalue weighted by atomic mass is 31.1. The molecule has 1 atom stereocenters. The van der Waals surface area contributed by atoms with Crippen LogP contribution in [0.3, 0.4) is 0 Å². The highest BCUT2D eigenvalue weighted by Gasteiger charge is 1.96. The maximum absolute atomic E-state index is 10.3. The summed E-state index contributed by atoms with van der Waals surface area (Å²) in [5.74, 6) is -0.649. The quantitative estimate of drug-likeness (QED) is 0.287. The molecule has 0 aliphatic carbocycles. The van der Waals surface area contributed by atoms with E-state index in [1.165, 1.54) is 76.8 Å². The van der Waals surface area contributed by atoms with Gasteiger partial charge < -0.3 is 5.11 Å². The molecular weight excluding hydrogens is 267 g/mol. The number of unbranched alkanes of at least 4 members (excludes halogenated alkanes) is 10. The summed E-state index contributed by atoms with van der Waals surface area (Å²) in [4.78, 5) is 10.3. The van der Waals surface area contributed by atoms with Crippen molar-refractivity contribution in [3.63, 3.8) is 0 Å². The van der Waals surface area contributed by atoms with Gasteiger partial charge in [-0.25, -0.2) is 0 Å². The van der Waals surface area contributed by atoms with Crippen LogP contribution in [0.2, 0.25) is 0 Å². The minimum atomic E-state index is -0.649. The van der Waals surface area contributed by atoms with E-state index in [1.54, 1.807) is 0 Å². The van der Waals surface area contributed by atoms with E-state index in [0.29, 0.717) is 6.42 Å². The molecule has 0 radical (unpaired) electrons. The molecule has 0 aliphatic heterocycles. The van der Waals surface area contributed by atoms with Crippen LogP contribution in [0.25, 0.3) is 0 Å². The normalized spacial score (nSPS) is 11.4. The van der Waals surface area contributed by atoms with Crippen molar-refractivity contribution in [3.05, 3.63) is 0 Å². The van der Waals surface area contributed by atoms with Gasteiger partial charge in [0.05, 0.1) is 0 Å². The van der Waals surface area contributed by atoms with Crippen LogP contribution in [0.15, 0.2) is 0 Å². The van der Waals surface area contributed by atoms with E-state index in [2.05, 4.69) is 6.92 Å². The van der Waals surface area contributed by atoms with E-state index in [-0.39, 0.29) is 0 Å². The number of carboxylic acids is 1. The Morgan fingerprint density at radius 1 is 0.750 bits per heavy atom. The van der Waals surface area contributed by atoms with Crippen molar-refractivity contribution in [1.82, 2.24) is 0 Å². The smallest absolute Gasteiger partial charge is 0.303 e. The summed E-state index contributed by atoms with van der Waals surface area (Å²) in [6.07, 6.45) is 19.1. The van der Waals surface area contributed by atoms with Gasteiger partial charge in [-0.05, 0) is 25.2 Å². The van der Waals surface area contributed by atoms with Gasteiger partial charge in [-0.2, -0.15) is 0 Å². The lowest BCUT2D eigenvalue weighted by Crippen LogP contribution is -1.94. The standard InChI is InChI=1S/C17H35O2P/c1-2-3-4-5-6-7-8-9-10-11-12-15-20-16-13-14-17(18)19/h20H,2-16H2,1H3,(H,18,19). The van der Waals surface area contributed by atoms with Crippen LogP contribution in [0.5, 0.6) is 0 Å². The Morgan fingerprint density at radius 3 is 1.70 bits per heavy atom. The molecule has 2 nitrogen and oxygen atoms in total. The lowest BCUT2D eigenvalue weighted by Gasteiger charge is -2.03. The lowest BCUT2D eigenvalue weighted by molar-refractivity contribution is -0.137. The fourth-order valence-electron chi connectivity index (χ4n) is 2.40. The molecular formula is C17H35O2P. The van der Waals surface area contributed by atoms with E-state index < -0.39 is 5.97 Å². The average Bonchev–Trinajstić information content (AvgIpc) is 2.43. The Hall–Kier alpha value is -0.100. The predicted octanol–water partition coefficient (Wildman–Crippen LogP) is 5.84. The van der Waals surface area contributed by atoms with Crippen LogP contribution < -0.4 is 0 Å². The van der Waals surface area contributed by atoms with Gasteiger partial charge in [-0.15, -0.1) is 8.58 Å². The molecule has 3 heteroatoms. The molecule has 0 saturated carbocycles. The molecule has 0 rings (SSSR count). The van der Waals surface area contributed by atoms with Gasteiger partial charge in [0, 0.05) is 6.42 Å². The third kappa shape index (κ3) is 17.9. The molecule has 0 amide bonds. The Morgan fingerprint density at radius 2 is 1.20 bits per heavy atom. The fraction of sp³-hybridized carbons (Fsp3) is 0.941. The first-order chi connectivity index (χ1) is 9.77. The van der Waals surface area contributed by atoms with Gasteiger partial charge in [-0.1, -0.05) is 71.1 Å². The molecule has 1 N–H and O–H groups in total. The maximum atomic E-state index is 10.3. The number of carboxylic acid groups (broad SMARTS) is 1. The van der Waals surface area contributed by atoms with Crippen molar-refractivity contribution in [1.29, 1.82) is 0 Å². The van der Waals surface area contributed by atoms with Crippen LogP contribution in [0.4, 0.5) is 0 Å². The van der Waals surface area contributed by atoms with Crippen molar-refractivity contribution in [2.75, 3.05) is 12.3 Å². The first-order valence-electron chi connectivity index (χ1n) is 8.70. The van der Waals surface area contributed by atoms with Crippen LogP contribution in [-0.4, -0.2) is 23.4 Å². The molecule has 0 spiro atoms. The van der Waals surface area contributed by atoms with Crippen LogP contribution in [0, 0.1) is 0 Å². The zero-order valence-electron chi connectivity index (χ0n) is 13.5. The molecule has 120 valence electrons. The van der Waals surface area contributed by atoms with Crippen LogP contribution in [0.1, 0.15) is 90.4 Å². The van der Waals surface area contributed by atoms with Crippen molar-refractivity contribution in [3.8, 4) is 0 Å². The molecule has 20 heavy (non-hydrogen) atoms. The van der Waals surface area contributed by atoms with Gasteiger partial charge in [0.1, 0.15) is 0 Å². The Kier molecular flexibility index (Phi) is 16.9. The molecule has 0 aliphatic rings. The first-order valence-corrected chi connectivity index (χ1v) is 10.1. The second kappa shape index (κ2) is 17.0. The second-order valence-electron chi connectivity index (χ2n) is 5.78. The van der Waals surface area contributed by atoms with Gasteiger partial charge in [0.15, 0.2) is 0 Å². The third-order valence-electron chi connectivity index (χ3n) is 3.70. The summed E-state index contributed by atoms with van der Waals surface area (Å²) >= 11 is 0. The second-order valence-corrected chi connectivity index (χ2v) is 7.28. The largest absolute Gasteiger partial charge is 0.481 e. The monoisotopic (exact) mass is 302 g/mol. The summed E-state index contributed by atoms with van der Waals surface area (Å²) < 4.78 is 0. The summed E-state index contributed by atoms with van der Waals surface area (Å²) in [7, 11) is 0.980. The summed E-state index contributed by atoms with van der Waals surface area (Å²) in [6, 6.07) is 0. The molecule has 1 unspecified atom stereocenters. The Labute approximate surface area is 127 Å². The van der Waals surface area contributed by atoms with Crippen LogP contribution >= 0.6 is 8.58 Å². The van der Waals surface area contributed by atoms with Gasteiger partial charge in [-0.3, -0.25) is 4.79 Å². The molecule has 0 aromatic carbocycles. The lowest BCUT2D eigenvalue weighted by atomic mass is 10.1. The number of carbonyl (C=O) groups is 1. The molecule has 0 heterocycles. The SMILES string of the molecule is CCCCCCCCCCCCCPCCCC(=O)O. The minimum Gasteiger partial charge on any atom is -0.481 e. The maximum Gasteiger partial charge on any atom is 0.303 e. The number of rotatable bonds is 16. The predicted molar refractivity (Wildman–Crippen MR) is 91.4 cm³/mol. The van der Waals surface area contributed by atoms with Gasteiger partial charge in [0.2, 0.25) is 0 Å².